The molecule has 3 heterocycles. The molecule has 1 aliphatic carbocycles. The number of aryl methyl sites for hydroxylation is 1. The normalized spacial score (nSPS) is 13.0. The number of nitrogens with zero attached hydrogens (tertiary/aromatic N) is 3. The third kappa shape index (κ3) is 4.44. The van der Waals surface area contributed by atoms with Crippen LogP contribution in [0.1, 0.15) is 28.8 Å². The van der Waals surface area contributed by atoms with Crippen LogP contribution in [0, 0.1) is 12.8 Å². The molecule has 1 aromatic carbocycles. The van der Waals surface area contributed by atoms with E-state index in [2.05, 4.69) is 20.6 Å². The Bertz CT molecular complexity index is 1330. The lowest BCUT2D eigenvalue weighted by molar-refractivity contribution is -0.117. The van der Waals surface area contributed by atoms with E-state index in [1.807, 2.05) is 19.1 Å². The number of carbonyl (C=O) groups is 2. The minimum absolute atomic E-state index is 0.0187. The van der Waals surface area contributed by atoms with Crippen LogP contribution in [0.5, 0.6) is 11.5 Å². The summed E-state index contributed by atoms with van der Waals surface area (Å²) in [6.45, 7) is 1.89. The van der Waals surface area contributed by atoms with Crippen molar-refractivity contribution in [1.82, 2.24) is 14.4 Å². The van der Waals surface area contributed by atoms with Gasteiger partial charge < -0.3 is 19.8 Å². The Labute approximate surface area is 184 Å². The molecule has 0 atom stereocenters. The second-order valence-corrected chi connectivity index (χ2v) is 7.85. The first kappa shape index (κ1) is 19.7. The van der Waals surface area contributed by atoms with Crippen LogP contribution in [0.25, 0.3) is 5.65 Å². The SMILES string of the molecule is Cc1cncc(C(=O)Nc2cccc(Oc3ccc4nc(NC(=O)C5CC5)cn4c3)c2)c1. The van der Waals surface area contributed by atoms with E-state index < -0.39 is 0 Å². The highest BCUT2D eigenvalue weighted by Gasteiger charge is 2.30. The fourth-order valence-corrected chi connectivity index (χ4v) is 3.32. The lowest BCUT2D eigenvalue weighted by atomic mass is 10.2. The second kappa shape index (κ2) is 8.14. The number of amides is 2. The number of aromatic nitrogens is 3. The van der Waals surface area contributed by atoms with Gasteiger partial charge in [0.05, 0.1) is 18.0 Å². The Hall–Kier alpha value is -4.20. The van der Waals surface area contributed by atoms with Gasteiger partial charge in [-0.2, -0.15) is 0 Å². The van der Waals surface area contributed by atoms with Crippen molar-refractivity contribution < 1.29 is 14.3 Å². The Morgan fingerprint density at radius 1 is 1.03 bits per heavy atom. The molecular formula is C24H21N5O3. The van der Waals surface area contributed by atoms with Crippen LogP contribution in [0.3, 0.4) is 0 Å². The molecule has 0 bridgehead atoms. The largest absolute Gasteiger partial charge is 0.456 e. The Morgan fingerprint density at radius 2 is 1.91 bits per heavy atom. The minimum atomic E-state index is -0.237. The number of ether oxygens (including phenoxy) is 1. The van der Waals surface area contributed by atoms with Crippen molar-refractivity contribution in [1.29, 1.82) is 0 Å². The molecule has 1 saturated carbocycles. The van der Waals surface area contributed by atoms with Gasteiger partial charge >= 0.3 is 0 Å². The number of carbonyl (C=O) groups excluding carboxylic acids is 2. The van der Waals surface area contributed by atoms with Crippen molar-refractivity contribution in [3.63, 3.8) is 0 Å². The summed E-state index contributed by atoms with van der Waals surface area (Å²) in [4.78, 5) is 32.9. The van der Waals surface area contributed by atoms with Crippen molar-refractivity contribution in [3.8, 4) is 11.5 Å². The van der Waals surface area contributed by atoms with Crippen LogP contribution < -0.4 is 15.4 Å². The summed E-state index contributed by atoms with van der Waals surface area (Å²) >= 11 is 0. The Morgan fingerprint density at radius 3 is 2.72 bits per heavy atom. The summed E-state index contributed by atoms with van der Waals surface area (Å²) in [6, 6.07) is 12.6. The van der Waals surface area contributed by atoms with Crippen molar-refractivity contribution >= 4 is 29.0 Å². The number of anilines is 2. The van der Waals surface area contributed by atoms with Gasteiger partial charge in [-0.3, -0.25) is 14.6 Å². The molecule has 2 amide bonds. The van der Waals surface area contributed by atoms with Gasteiger partial charge in [-0.1, -0.05) is 6.07 Å². The first-order chi connectivity index (χ1) is 15.5. The topological polar surface area (TPSA) is 97.6 Å². The zero-order valence-electron chi connectivity index (χ0n) is 17.4. The molecule has 1 aliphatic rings. The average molecular weight is 427 g/mol. The zero-order valence-corrected chi connectivity index (χ0v) is 17.4. The van der Waals surface area contributed by atoms with Crippen LogP contribution in [0.4, 0.5) is 11.5 Å². The molecule has 1 fully saturated rings. The molecule has 2 N–H and O–H groups in total. The summed E-state index contributed by atoms with van der Waals surface area (Å²) in [5.41, 5.74) is 2.73. The van der Waals surface area contributed by atoms with Crippen LogP contribution >= 0.6 is 0 Å². The molecular weight excluding hydrogens is 406 g/mol. The fourth-order valence-electron chi connectivity index (χ4n) is 3.32. The van der Waals surface area contributed by atoms with Gasteiger partial charge in [0, 0.05) is 30.1 Å². The van der Waals surface area contributed by atoms with Crippen molar-refractivity contribution in [2.45, 2.75) is 19.8 Å². The van der Waals surface area contributed by atoms with Gasteiger partial charge in [-0.25, -0.2) is 4.98 Å². The minimum Gasteiger partial charge on any atom is -0.456 e. The molecule has 5 rings (SSSR count). The van der Waals surface area contributed by atoms with Crippen molar-refractivity contribution in [2.75, 3.05) is 10.6 Å². The molecule has 3 aromatic heterocycles. The number of hydrogen-bond acceptors (Lipinski definition) is 5. The molecule has 8 nitrogen and oxygen atoms in total. The first-order valence-corrected chi connectivity index (χ1v) is 10.3. The van der Waals surface area contributed by atoms with E-state index in [1.165, 1.54) is 6.20 Å². The van der Waals surface area contributed by atoms with Gasteiger partial charge in [0.2, 0.25) is 5.91 Å². The number of hydrogen-bond donors (Lipinski definition) is 2. The summed E-state index contributed by atoms with van der Waals surface area (Å²) < 4.78 is 7.77. The third-order valence-electron chi connectivity index (χ3n) is 5.09. The highest BCUT2D eigenvalue weighted by atomic mass is 16.5. The van der Waals surface area contributed by atoms with E-state index in [1.54, 1.807) is 53.3 Å². The molecule has 8 heteroatoms. The molecule has 32 heavy (non-hydrogen) atoms. The van der Waals surface area contributed by atoms with Gasteiger partial charge in [0.15, 0.2) is 5.82 Å². The van der Waals surface area contributed by atoms with Gasteiger partial charge in [0.1, 0.15) is 17.1 Å². The molecule has 0 saturated heterocycles. The summed E-state index contributed by atoms with van der Waals surface area (Å²) in [7, 11) is 0. The number of fused-ring (bicyclic) bond motifs is 1. The third-order valence-corrected chi connectivity index (χ3v) is 5.09. The monoisotopic (exact) mass is 427 g/mol. The van der Waals surface area contributed by atoms with E-state index in [-0.39, 0.29) is 17.7 Å². The molecule has 0 unspecified atom stereocenters. The van der Waals surface area contributed by atoms with Gasteiger partial charge in [-0.15, -0.1) is 0 Å². The Balaban J connectivity index is 1.29. The maximum absolute atomic E-state index is 12.5. The van der Waals surface area contributed by atoms with Gasteiger partial charge in [0.25, 0.3) is 5.91 Å². The predicted octanol–water partition coefficient (Wildman–Crippen LogP) is 4.43. The lowest BCUT2D eigenvalue weighted by Crippen LogP contribution is -2.13. The molecule has 0 radical (unpaired) electrons. The van der Waals surface area contributed by atoms with Crippen LogP contribution in [-0.2, 0) is 4.79 Å². The standard InChI is InChI=1S/C24H21N5O3/c1-15-9-17(12-25-11-15)24(31)26-18-3-2-4-19(10-18)32-20-7-8-22-27-21(14-29(22)13-20)28-23(30)16-5-6-16/h2-4,7-14,16H,5-6H2,1H3,(H,26,31)(H,28,30). The second-order valence-electron chi connectivity index (χ2n) is 7.85. The molecule has 4 aromatic rings. The maximum atomic E-state index is 12.5. The highest BCUT2D eigenvalue weighted by Crippen LogP contribution is 2.30. The Kier molecular flexibility index (Phi) is 5.03. The smallest absolute Gasteiger partial charge is 0.257 e. The average Bonchev–Trinajstić information content (AvgIpc) is 3.55. The summed E-state index contributed by atoms with van der Waals surface area (Å²) in [5, 5.41) is 5.71. The predicted molar refractivity (Wildman–Crippen MR) is 120 cm³/mol. The van der Waals surface area contributed by atoms with E-state index in [0.717, 1.165) is 18.4 Å². The molecule has 0 spiro atoms. The molecule has 160 valence electrons. The van der Waals surface area contributed by atoms with Crippen LogP contribution in [0.15, 0.2) is 67.3 Å². The van der Waals surface area contributed by atoms with E-state index in [0.29, 0.717) is 34.2 Å². The fraction of sp³-hybridized carbons (Fsp3) is 0.167. The van der Waals surface area contributed by atoms with Crippen molar-refractivity contribution in [3.05, 3.63) is 78.4 Å². The zero-order chi connectivity index (χ0) is 22.1. The van der Waals surface area contributed by atoms with Crippen LogP contribution in [0.2, 0.25) is 0 Å². The quantitative estimate of drug-likeness (QED) is 0.474. The van der Waals surface area contributed by atoms with Gasteiger partial charge in [-0.05, 0) is 55.7 Å². The van der Waals surface area contributed by atoms with E-state index >= 15 is 0 Å². The number of benzene rings is 1. The number of nitrogens with one attached hydrogen (secondary N) is 2. The lowest BCUT2D eigenvalue weighted by Gasteiger charge is -2.09. The molecule has 0 aliphatic heterocycles. The number of imidazole rings is 1. The van der Waals surface area contributed by atoms with Crippen LogP contribution in [-0.4, -0.2) is 26.2 Å². The van der Waals surface area contributed by atoms with E-state index in [9.17, 15) is 9.59 Å². The first-order valence-electron chi connectivity index (χ1n) is 10.3. The number of pyridine rings is 2. The summed E-state index contributed by atoms with van der Waals surface area (Å²) in [5.74, 6) is 1.60. The number of rotatable bonds is 6. The maximum Gasteiger partial charge on any atom is 0.257 e. The highest BCUT2D eigenvalue weighted by molar-refractivity contribution is 6.04. The van der Waals surface area contributed by atoms with E-state index in [4.69, 9.17) is 4.74 Å². The van der Waals surface area contributed by atoms with Crippen molar-refractivity contribution in [2.24, 2.45) is 5.92 Å². The summed E-state index contributed by atoms with van der Waals surface area (Å²) in [6.07, 6.45) is 8.67.